The van der Waals surface area contributed by atoms with Crippen LogP contribution in [0.1, 0.15) is 110 Å². The molecule has 13 nitrogen and oxygen atoms in total. The number of aromatic nitrogens is 1. The van der Waals surface area contributed by atoms with Gasteiger partial charge in [0.05, 0.1) is 25.8 Å². The van der Waals surface area contributed by atoms with Gasteiger partial charge in [0.2, 0.25) is 11.8 Å². The number of benzene rings is 1. The third-order valence-electron chi connectivity index (χ3n) is 12.3. The molecule has 57 heavy (non-hydrogen) atoms. The van der Waals surface area contributed by atoms with Crippen molar-refractivity contribution in [2.24, 2.45) is 23.2 Å². The van der Waals surface area contributed by atoms with Gasteiger partial charge < -0.3 is 34.7 Å². The average Bonchev–Trinajstić information content (AvgIpc) is 3.91. The molecule has 2 aromatic rings. The van der Waals surface area contributed by atoms with Crippen molar-refractivity contribution in [1.82, 2.24) is 25.2 Å². The Bertz CT molecular complexity index is 1890. The van der Waals surface area contributed by atoms with Gasteiger partial charge in [-0.2, -0.15) is 0 Å². The number of hydrogen-bond acceptors (Lipinski definition) is 9. The van der Waals surface area contributed by atoms with Crippen molar-refractivity contribution in [2.45, 2.75) is 128 Å². The fourth-order valence-corrected chi connectivity index (χ4v) is 9.74. The molecule has 0 radical (unpaired) electrons. The molecule has 0 spiro atoms. The van der Waals surface area contributed by atoms with Crippen molar-refractivity contribution in [3.63, 3.8) is 0 Å². The van der Waals surface area contributed by atoms with E-state index in [1.54, 1.807) is 25.0 Å². The van der Waals surface area contributed by atoms with Crippen LogP contribution in [0.25, 0.3) is 10.9 Å². The monoisotopic (exact) mass is 807 g/mol. The molecule has 0 bridgehead atoms. The number of carbonyl (C=O) groups is 4. The summed E-state index contributed by atoms with van der Waals surface area (Å²) < 4.78 is 20.1. The Balaban J connectivity index is 1.07. The Hall–Kier alpha value is -4.20. The van der Waals surface area contributed by atoms with Crippen LogP contribution >= 0.6 is 11.9 Å². The van der Waals surface area contributed by atoms with E-state index < -0.39 is 23.7 Å². The quantitative estimate of drug-likeness (QED) is 0.0991. The van der Waals surface area contributed by atoms with E-state index >= 15 is 0 Å². The third-order valence-corrected chi connectivity index (χ3v) is 13.4. The number of hydrogen-bond donors (Lipinski definition) is 4. The molecule has 1 saturated heterocycles. The predicted molar refractivity (Wildman–Crippen MR) is 221 cm³/mol. The lowest BCUT2D eigenvalue weighted by Crippen LogP contribution is -2.61. The zero-order valence-corrected chi connectivity index (χ0v) is 35.2. The average molecular weight is 808 g/mol. The summed E-state index contributed by atoms with van der Waals surface area (Å²) in [6.07, 6.45) is 8.68. The van der Waals surface area contributed by atoms with Gasteiger partial charge in [-0.1, -0.05) is 39.7 Å². The second-order valence-corrected chi connectivity index (χ2v) is 18.6. The maximum atomic E-state index is 14.3. The van der Waals surface area contributed by atoms with Crippen molar-refractivity contribution in [2.75, 3.05) is 26.9 Å². The van der Waals surface area contributed by atoms with Gasteiger partial charge in [-0.15, -0.1) is 6.58 Å². The minimum atomic E-state index is -1.22. The molecule has 4 amide bonds. The summed E-state index contributed by atoms with van der Waals surface area (Å²) in [5.41, 5.74) is -0.0769. The van der Waals surface area contributed by atoms with Crippen LogP contribution in [-0.2, 0) is 19.1 Å². The van der Waals surface area contributed by atoms with Gasteiger partial charge in [0.1, 0.15) is 23.4 Å². The van der Waals surface area contributed by atoms with E-state index in [1.165, 1.54) is 18.0 Å². The van der Waals surface area contributed by atoms with Gasteiger partial charge in [0.25, 0.3) is 5.91 Å². The Morgan fingerprint density at radius 2 is 1.81 bits per heavy atom. The first-order chi connectivity index (χ1) is 27.2. The molecular formula is C43H61N5O8S. The minimum absolute atomic E-state index is 0.0679. The highest BCUT2D eigenvalue weighted by molar-refractivity contribution is 7.98. The molecule has 4 unspecified atom stereocenters. The molecule has 3 saturated carbocycles. The normalized spacial score (nSPS) is 23.6. The number of amides is 4. The zero-order chi connectivity index (χ0) is 41.1. The molecule has 1 aromatic heterocycles. The first-order valence-electron chi connectivity index (χ1n) is 20.7. The molecule has 4 fully saturated rings. The molecule has 6 atom stereocenters. The van der Waals surface area contributed by atoms with Crippen LogP contribution in [0.5, 0.6) is 11.6 Å². The molecule has 4 N–H and O–H groups in total. The number of likely N-dealkylation sites (tertiary alicyclic amines) is 1. The SMILES string of the molecule is C=CC[C@@](C)(NC(=O)C1CCCN1C(=O)[C@@H](NC(=O)OCC(C)(C)CC1C(C)C1c1cc2c(=O)cc(OCC)[nH]c2cc1OC)C1CCCC1)C(=O)NSC1CC1. The lowest BCUT2D eigenvalue weighted by Gasteiger charge is -2.34. The summed E-state index contributed by atoms with van der Waals surface area (Å²) in [6.45, 7) is 14.6. The molecule has 3 aliphatic carbocycles. The van der Waals surface area contributed by atoms with Crippen LogP contribution in [0, 0.1) is 23.2 Å². The summed E-state index contributed by atoms with van der Waals surface area (Å²) in [4.78, 5) is 72.6. The number of alkyl carbamates (subject to hydrolysis) is 1. The van der Waals surface area contributed by atoms with E-state index in [2.05, 4.69) is 47.7 Å². The molecule has 14 heteroatoms. The highest BCUT2D eigenvalue weighted by atomic mass is 32.2. The minimum Gasteiger partial charge on any atom is -0.496 e. The largest absolute Gasteiger partial charge is 0.496 e. The maximum absolute atomic E-state index is 14.3. The molecular weight excluding hydrogens is 747 g/mol. The number of methoxy groups -OCH3 is 1. The molecule has 312 valence electrons. The summed E-state index contributed by atoms with van der Waals surface area (Å²) in [5.74, 6) is 0.861. The lowest BCUT2D eigenvalue weighted by atomic mass is 9.86. The van der Waals surface area contributed by atoms with Gasteiger partial charge in [-0.25, -0.2) is 4.79 Å². The van der Waals surface area contributed by atoms with Crippen molar-refractivity contribution in [3.05, 3.63) is 46.6 Å². The Kier molecular flexibility index (Phi) is 13.2. The number of carbonyl (C=O) groups excluding carboxylic acids is 4. The van der Waals surface area contributed by atoms with Crippen LogP contribution < -0.4 is 30.3 Å². The van der Waals surface area contributed by atoms with E-state index in [9.17, 15) is 24.0 Å². The van der Waals surface area contributed by atoms with E-state index in [0.717, 1.165) is 50.5 Å². The highest BCUT2D eigenvalue weighted by Gasteiger charge is 2.51. The summed E-state index contributed by atoms with van der Waals surface area (Å²) >= 11 is 1.39. The number of nitrogens with one attached hydrogen (secondary N) is 4. The van der Waals surface area contributed by atoms with Crippen molar-refractivity contribution < 1.29 is 33.4 Å². The summed E-state index contributed by atoms with van der Waals surface area (Å²) in [6, 6.07) is 3.69. The fourth-order valence-electron chi connectivity index (χ4n) is 8.87. The number of H-pyrrole nitrogens is 1. The number of ether oxygens (including phenoxy) is 3. The Morgan fingerprint density at radius 3 is 2.47 bits per heavy atom. The highest BCUT2D eigenvalue weighted by Crippen LogP contribution is 2.60. The van der Waals surface area contributed by atoms with Crippen molar-refractivity contribution in [1.29, 1.82) is 0 Å². The molecule has 6 rings (SSSR count). The number of pyridine rings is 1. The van der Waals surface area contributed by atoms with Crippen LogP contribution in [0.2, 0.25) is 0 Å². The summed E-state index contributed by atoms with van der Waals surface area (Å²) in [5, 5.41) is 6.85. The molecule has 4 aliphatic rings. The van der Waals surface area contributed by atoms with Crippen molar-refractivity contribution >= 4 is 46.7 Å². The van der Waals surface area contributed by atoms with Gasteiger partial charge in [-0.3, -0.25) is 23.9 Å². The number of nitrogens with zero attached hydrogens (tertiary/aromatic N) is 1. The first-order valence-corrected chi connectivity index (χ1v) is 21.6. The van der Waals surface area contributed by atoms with E-state index in [4.69, 9.17) is 14.2 Å². The number of aromatic amines is 1. The predicted octanol–water partition coefficient (Wildman–Crippen LogP) is 6.36. The van der Waals surface area contributed by atoms with Crippen LogP contribution in [-0.4, -0.2) is 83.4 Å². The van der Waals surface area contributed by atoms with E-state index in [-0.39, 0.29) is 59.3 Å². The fraction of sp³-hybridized carbons (Fsp3) is 0.651. The van der Waals surface area contributed by atoms with Gasteiger partial charge >= 0.3 is 6.09 Å². The molecule has 1 aliphatic heterocycles. The molecule has 2 heterocycles. The second-order valence-electron chi connectivity index (χ2n) is 17.5. The first kappa shape index (κ1) is 42.4. The standard InChI is InChI=1S/C43H61N5O8S/c1-8-18-43(6,40(52)47-57-27-16-17-27)46-38(50)32-15-12-19-48(32)39(51)37(26-13-10-11-14-26)45-41(53)56-24-42(4,5)23-30-25(3)36(30)29-20-28-31(21-34(29)54-7)44-35(55-9-2)22-33(28)49/h8,20-22,25-27,30,32,36-37H,1,9-19,23-24H2,2-7H3,(H,44,49)(H,45,53)(H,46,50)(H,47,52)/t25?,30?,32?,36?,37-,43+/m0/s1. The van der Waals surface area contributed by atoms with Crippen LogP contribution in [0.3, 0.4) is 0 Å². The maximum Gasteiger partial charge on any atom is 0.407 e. The second kappa shape index (κ2) is 17.7. The van der Waals surface area contributed by atoms with Crippen LogP contribution in [0.4, 0.5) is 4.79 Å². The van der Waals surface area contributed by atoms with E-state index in [1.807, 2.05) is 19.1 Å². The van der Waals surface area contributed by atoms with E-state index in [0.29, 0.717) is 59.7 Å². The molecule has 1 aromatic carbocycles. The van der Waals surface area contributed by atoms with Gasteiger partial charge in [0.15, 0.2) is 11.3 Å². The van der Waals surface area contributed by atoms with Gasteiger partial charge in [-0.05, 0) is 118 Å². The number of fused-ring (bicyclic) bond motifs is 1. The van der Waals surface area contributed by atoms with Crippen LogP contribution in [0.15, 0.2) is 35.6 Å². The lowest BCUT2D eigenvalue weighted by molar-refractivity contribution is -0.142. The number of rotatable bonds is 18. The Labute approximate surface area is 340 Å². The van der Waals surface area contributed by atoms with Crippen molar-refractivity contribution in [3.8, 4) is 11.6 Å². The smallest absolute Gasteiger partial charge is 0.407 e. The van der Waals surface area contributed by atoms with Gasteiger partial charge in [0, 0.05) is 29.3 Å². The third kappa shape index (κ3) is 9.92. The Morgan fingerprint density at radius 1 is 1.07 bits per heavy atom. The zero-order valence-electron chi connectivity index (χ0n) is 34.4. The summed E-state index contributed by atoms with van der Waals surface area (Å²) in [7, 11) is 1.63. The topological polar surface area (TPSA) is 168 Å².